The normalized spacial score (nSPS) is 20.2. The van der Waals surface area contributed by atoms with Crippen LogP contribution in [0.3, 0.4) is 0 Å². The van der Waals surface area contributed by atoms with E-state index in [9.17, 15) is 14.7 Å². The SMILES string of the molecule is O=C1c2c(O)c(=O)ccn2N2CN1CCCC/C=C\c1cccc3c1[C@@H]2c1ccccc1CC3. The quantitative estimate of drug-likeness (QED) is 0.559. The minimum absolute atomic E-state index is 0.0483. The number of amides is 1. The van der Waals surface area contributed by atoms with E-state index in [0.29, 0.717) is 13.2 Å². The number of aromatic nitrogens is 1. The van der Waals surface area contributed by atoms with E-state index in [1.54, 1.807) is 15.8 Å². The van der Waals surface area contributed by atoms with E-state index < -0.39 is 11.2 Å². The molecule has 34 heavy (non-hydrogen) atoms. The van der Waals surface area contributed by atoms with Gasteiger partial charge in [-0.15, -0.1) is 0 Å². The second kappa shape index (κ2) is 8.20. The van der Waals surface area contributed by atoms with Gasteiger partial charge in [-0.25, -0.2) is 0 Å². The summed E-state index contributed by atoms with van der Waals surface area (Å²) in [6.45, 7) is 0.958. The molecule has 172 valence electrons. The Bertz CT molecular complexity index is 1370. The lowest BCUT2D eigenvalue weighted by molar-refractivity contribution is 0.0676. The van der Waals surface area contributed by atoms with Crippen molar-refractivity contribution in [2.45, 2.75) is 38.1 Å². The highest BCUT2D eigenvalue weighted by Crippen LogP contribution is 2.40. The molecule has 2 aromatic carbocycles. The van der Waals surface area contributed by atoms with E-state index in [1.165, 1.54) is 33.9 Å². The maximum absolute atomic E-state index is 13.4. The van der Waals surface area contributed by atoms with Crippen molar-refractivity contribution >= 4 is 12.0 Å². The summed E-state index contributed by atoms with van der Waals surface area (Å²) in [7, 11) is 0. The molecule has 0 saturated heterocycles. The predicted octanol–water partition coefficient (Wildman–Crippen LogP) is 3.99. The van der Waals surface area contributed by atoms with Gasteiger partial charge in [0.25, 0.3) is 5.91 Å². The molecule has 1 N–H and O–H groups in total. The molecule has 0 spiro atoms. The van der Waals surface area contributed by atoms with Gasteiger partial charge >= 0.3 is 0 Å². The van der Waals surface area contributed by atoms with Crippen LogP contribution in [0.4, 0.5) is 0 Å². The minimum Gasteiger partial charge on any atom is -0.502 e. The van der Waals surface area contributed by atoms with Crippen LogP contribution in [0.2, 0.25) is 0 Å². The lowest BCUT2D eigenvalue weighted by Gasteiger charge is -2.44. The molecular weight excluding hydrogens is 426 g/mol. The van der Waals surface area contributed by atoms with Gasteiger partial charge < -0.3 is 10.0 Å². The second-order valence-electron chi connectivity index (χ2n) is 9.29. The molecule has 6 nitrogen and oxygen atoms in total. The molecule has 2 aliphatic heterocycles. The van der Waals surface area contributed by atoms with Crippen LogP contribution in [0, 0.1) is 0 Å². The summed E-state index contributed by atoms with van der Waals surface area (Å²) in [6, 6.07) is 16.2. The van der Waals surface area contributed by atoms with Crippen molar-refractivity contribution in [3.8, 4) is 5.75 Å². The zero-order valence-electron chi connectivity index (χ0n) is 19.0. The maximum Gasteiger partial charge on any atom is 0.277 e. The number of carbonyl (C=O) groups excluding carboxylic acids is 1. The topological polar surface area (TPSA) is 65.8 Å². The standard InChI is InChI=1S/C28H27N3O3/c32-23-15-17-30-26(27(23)33)28(34)29-16-6-2-1-3-9-20-10-7-11-21-14-13-19-8-4-5-12-22(19)25(24(20)21)31(30)18-29/h3-5,7-12,15,17,25,33H,1-2,6,13-14,16,18H2/b9-3-/t25-/m0/s1. The van der Waals surface area contributed by atoms with E-state index in [4.69, 9.17) is 0 Å². The summed E-state index contributed by atoms with van der Waals surface area (Å²) < 4.78 is 1.71. The zero-order chi connectivity index (χ0) is 23.2. The number of allylic oxidation sites excluding steroid dienone is 1. The first-order chi connectivity index (χ1) is 16.6. The number of hydrogen-bond acceptors (Lipinski definition) is 4. The summed E-state index contributed by atoms with van der Waals surface area (Å²) in [6.07, 6.45) is 10.7. The van der Waals surface area contributed by atoms with Crippen LogP contribution >= 0.6 is 0 Å². The van der Waals surface area contributed by atoms with Crippen molar-refractivity contribution < 1.29 is 9.90 Å². The van der Waals surface area contributed by atoms with E-state index in [1.807, 2.05) is 0 Å². The average molecular weight is 454 g/mol. The molecule has 0 saturated carbocycles. The smallest absolute Gasteiger partial charge is 0.277 e. The van der Waals surface area contributed by atoms with Gasteiger partial charge in [0.05, 0.1) is 6.04 Å². The highest BCUT2D eigenvalue weighted by molar-refractivity contribution is 5.96. The molecule has 1 atom stereocenters. The Balaban J connectivity index is 1.68. The number of nitrogens with zero attached hydrogens (tertiary/aromatic N) is 3. The van der Waals surface area contributed by atoms with Gasteiger partial charge in [0.15, 0.2) is 11.4 Å². The van der Waals surface area contributed by atoms with Crippen molar-refractivity contribution in [2.75, 3.05) is 18.2 Å². The number of benzene rings is 2. The monoisotopic (exact) mass is 453 g/mol. The molecule has 1 amide bonds. The number of carbonyl (C=O) groups is 1. The van der Waals surface area contributed by atoms with Gasteiger partial charge in [-0.05, 0) is 59.9 Å². The summed E-state index contributed by atoms with van der Waals surface area (Å²) in [5.74, 6) is -0.779. The van der Waals surface area contributed by atoms with Gasteiger partial charge in [-0.3, -0.25) is 19.3 Å². The van der Waals surface area contributed by atoms with Crippen LogP contribution in [0.25, 0.3) is 6.08 Å². The van der Waals surface area contributed by atoms with E-state index >= 15 is 0 Å². The van der Waals surface area contributed by atoms with Crippen molar-refractivity contribution in [2.24, 2.45) is 0 Å². The number of hydrogen-bond donors (Lipinski definition) is 1. The fraction of sp³-hybridized carbons (Fsp3) is 0.286. The largest absolute Gasteiger partial charge is 0.502 e. The van der Waals surface area contributed by atoms with Crippen LogP contribution in [0.5, 0.6) is 5.75 Å². The first kappa shape index (κ1) is 20.8. The third-order valence-electron chi connectivity index (χ3n) is 7.30. The molecule has 6 heteroatoms. The van der Waals surface area contributed by atoms with Crippen molar-refractivity contribution in [1.29, 1.82) is 0 Å². The molecule has 0 fully saturated rings. The molecule has 1 aliphatic carbocycles. The third kappa shape index (κ3) is 3.24. The summed E-state index contributed by atoms with van der Waals surface area (Å²) in [5.41, 5.74) is 5.67. The number of aromatic hydroxyl groups is 1. The molecule has 6 rings (SSSR count). The molecule has 0 unspecified atom stereocenters. The Labute approximate surface area is 198 Å². The van der Waals surface area contributed by atoms with Crippen molar-refractivity contribution in [3.05, 3.63) is 105 Å². The van der Waals surface area contributed by atoms with Crippen LogP contribution in [-0.2, 0) is 12.8 Å². The van der Waals surface area contributed by atoms with Crippen LogP contribution in [-0.4, -0.2) is 33.8 Å². The molecule has 2 bridgehead atoms. The van der Waals surface area contributed by atoms with Crippen LogP contribution in [0.15, 0.2) is 65.6 Å². The maximum atomic E-state index is 13.4. The highest BCUT2D eigenvalue weighted by atomic mass is 16.3. The van der Waals surface area contributed by atoms with Gasteiger partial charge in [-0.1, -0.05) is 54.6 Å². The Kier molecular flexibility index (Phi) is 5.01. The molecule has 0 radical (unpaired) electrons. The Morgan fingerprint density at radius 3 is 2.65 bits per heavy atom. The van der Waals surface area contributed by atoms with Crippen molar-refractivity contribution in [1.82, 2.24) is 9.58 Å². The predicted molar refractivity (Wildman–Crippen MR) is 132 cm³/mol. The number of aryl methyl sites for hydroxylation is 2. The van der Waals surface area contributed by atoms with Gasteiger partial charge in [0, 0.05) is 18.8 Å². The van der Waals surface area contributed by atoms with Gasteiger partial charge in [0.2, 0.25) is 5.43 Å². The lowest BCUT2D eigenvalue weighted by atomic mass is 9.89. The van der Waals surface area contributed by atoms with Gasteiger partial charge in [0.1, 0.15) is 6.67 Å². The van der Waals surface area contributed by atoms with Crippen LogP contribution in [0.1, 0.15) is 63.6 Å². The van der Waals surface area contributed by atoms with E-state index in [-0.39, 0.29) is 17.6 Å². The molecule has 3 heterocycles. The van der Waals surface area contributed by atoms with E-state index in [2.05, 4.69) is 59.6 Å². The third-order valence-corrected chi connectivity index (χ3v) is 7.30. The number of rotatable bonds is 0. The fourth-order valence-corrected chi connectivity index (χ4v) is 5.63. The molecule has 3 aromatic rings. The van der Waals surface area contributed by atoms with E-state index in [0.717, 1.165) is 32.1 Å². The fourth-order valence-electron chi connectivity index (χ4n) is 5.63. The zero-order valence-corrected chi connectivity index (χ0v) is 19.0. The molecular formula is C28H27N3O3. The first-order valence-electron chi connectivity index (χ1n) is 12.0. The van der Waals surface area contributed by atoms with Crippen LogP contribution < -0.4 is 10.4 Å². The Morgan fingerprint density at radius 2 is 1.74 bits per heavy atom. The first-order valence-corrected chi connectivity index (χ1v) is 12.0. The second-order valence-corrected chi connectivity index (χ2v) is 9.29. The van der Waals surface area contributed by atoms with Gasteiger partial charge in [-0.2, -0.15) is 0 Å². The average Bonchev–Trinajstić information content (AvgIpc) is 3.01. The molecule has 3 aliphatic rings. The summed E-state index contributed by atoms with van der Waals surface area (Å²) in [5, 5.41) is 12.8. The minimum atomic E-state index is -0.534. The Hall–Kier alpha value is -3.80. The Morgan fingerprint density at radius 1 is 0.912 bits per heavy atom. The number of pyridine rings is 1. The molecule has 1 aromatic heterocycles. The highest BCUT2D eigenvalue weighted by Gasteiger charge is 2.38. The summed E-state index contributed by atoms with van der Waals surface area (Å²) in [4.78, 5) is 27.5. The lowest BCUT2D eigenvalue weighted by Crippen LogP contribution is -2.55. The van der Waals surface area contributed by atoms with Crippen molar-refractivity contribution in [3.63, 3.8) is 0 Å². The summed E-state index contributed by atoms with van der Waals surface area (Å²) >= 11 is 0. The number of fused-ring (bicyclic) bond motifs is 7.